The summed E-state index contributed by atoms with van der Waals surface area (Å²) in [7, 11) is -4.97. The van der Waals surface area contributed by atoms with Crippen molar-refractivity contribution in [1.29, 1.82) is 0 Å². The van der Waals surface area contributed by atoms with Crippen LogP contribution in [0.25, 0.3) is 11.3 Å². The number of alkyl halides is 5. The van der Waals surface area contributed by atoms with Gasteiger partial charge in [-0.2, -0.15) is 22.0 Å². The summed E-state index contributed by atoms with van der Waals surface area (Å²) < 4.78 is 97.9. The fourth-order valence-electron chi connectivity index (χ4n) is 2.73. The zero-order chi connectivity index (χ0) is 22.3. The number of nitrogen functional groups attached to an aromatic ring is 1. The molecule has 0 unspecified atom stereocenters. The summed E-state index contributed by atoms with van der Waals surface area (Å²) in [4.78, 5) is 12.6. The molecule has 1 fully saturated rings. The third-order valence-electron chi connectivity index (χ3n) is 4.28. The van der Waals surface area contributed by atoms with E-state index in [0.717, 1.165) is 6.20 Å². The first-order valence-corrected chi connectivity index (χ1v) is 10.3. The number of nitrogens with two attached hydrogens (primary N) is 1. The molecule has 3 rings (SSSR count). The largest absolute Gasteiger partial charge is 0.417 e. The van der Waals surface area contributed by atoms with E-state index in [2.05, 4.69) is 15.0 Å². The van der Waals surface area contributed by atoms with E-state index in [0.29, 0.717) is 18.4 Å². The van der Waals surface area contributed by atoms with Crippen molar-refractivity contribution >= 4 is 21.6 Å². The zero-order valence-corrected chi connectivity index (χ0v) is 16.3. The van der Waals surface area contributed by atoms with Crippen LogP contribution in [-0.4, -0.2) is 55.9 Å². The third-order valence-corrected chi connectivity index (χ3v) is 5.42. The number of halogens is 5. The molecule has 0 spiro atoms. The Bertz CT molecular complexity index is 1060. The molecule has 3 heterocycles. The van der Waals surface area contributed by atoms with Crippen LogP contribution in [0.5, 0.6) is 0 Å². The Morgan fingerprint density at radius 1 is 1.10 bits per heavy atom. The van der Waals surface area contributed by atoms with Gasteiger partial charge in [-0.25, -0.2) is 23.4 Å². The van der Waals surface area contributed by atoms with Crippen LogP contribution < -0.4 is 10.6 Å². The number of aromatic nitrogens is 3. The highest BCUT2D eigenvalue weighted by Crippen LogP contribution is 2.39. The van der Waals surface area contributed by atoms with E-state index < -0.39 is 49.6 Å². The van der Waals surface area contributed by atoms with E-state index in [-0.39, 0.29) is 32.3 Å². The van der Waals surface area contributed by atoms with E-state index in [1.807, 2.05) is 0 Å². The van der Waals surface area contributed by atoms with Gasteiger partial charge in [-0.05, 0) is 12.1 Å². The van der Waals surface area contributed by atoms with Crippen LogP contribution in [0.3, 0.4) is 0 Å². The van der Waals surface area contributed by atoms with Crippen molar-refractivity contribution < 1.29 is 35.1 Å². The molecule has 0 amide bonds. The summed E-state index contributed by atoms with van der Waals surface area (Å²) in [6.07, 6.45) is -3.85. The van der Waals surface area contributed by atoms with E-state index in [1.54, 1.807) is 0 Å². The molecule has 0 bridgehead atoms. The molecule has 0 radical (unpaired) electrons. The number of anilines is 2. The fourth-order valence-corrected chi connectivity index (χ4v) is 3.21. The van der Waals surface area contributed by atoms with Crippen molar-refractivity contribution in [3.8, 4) is 11.3 Å². The molecule has 1 aliphatic heterocycles. The average molecular weight is 453 g/mol. The van der Waals surface area contributed by atoms with Gasteiger partial charge in [-0.15, -0.1) is 0 Å². The van der Waals surface area contributed by atoms with Crippen LogP contribution in [0.1, 0.15) is 11.3 Å². The minimum atomic E-state index is -4.97. The zero-order valence-electron chi connectivity index (χ0n) is 15.4. The van der Waals surface area contributed by atoms with E-state index in [4.69, 9.17) is 10.5 Å². The summed E-state index contributed by atoms with van der Waals surface area (Å²) in [6, 6.07) is 1.05. The topological polar surface area (TPSA) is 111 Å². The van der Waals surface area contributed by atoms with Crippen LogP contribution in [-0.2, 0) is 26.0 Å². The van der Waals surface area contributed by atoms with Gasteiger partial charge in [0, 0.05) is 31.1 Å². The van der Waals surface area contributed by atoms with Gasteiger partial charge in [-0.3, -0.25) is 0 Å². The lowest BCUT2D eigenvalue weighted by atomic mass is 10.1. The number of nitrogens with zero attached hydrogens (tertiary/aromatic N) is 4. The monoisotopic (exact) mass is 453 g/mol. The number of pyridine rings is 1. The van der Waals surface area contributed by atoms with Crippen LogP contribution in [0.15, 0.2) is 18.3 Å². The molecule has 0 aromatic carbocycles. The number of sulfone groups is 1. The molecule has 1 saturated heterocycles. The Balaban J connectivity index is 2.26. The minimum Gasteiger partial charge on any atom is -0.384 e. The lowest BCUT2D eigenvalue weighted by molar-refractivity contribution is -0.137. The van der Waals surface area contributed by atoms with Crippen LogP contribution in [0.2, 0.25) is 0 Å². The second-order valence-electron chi connectivity index (χ2n) is 6.48. The molecule has 2 aromatic heterocycles. The van der Waals surface area contributed by atoms with E-state index in [1.165, 1.54) is 4.90 Å². The predicted molar refractivity (Wildman–Crippen MR) is 96.4 cm³/mol. The van der Waals surface area contributed by atoms with Gasteiger partial charge in [0.15, 0.2) is 0 Å². The summed E-state index contributed by atoms with van der Waals surface area (Å²) in [5.41, 5.74) is 1.63. The van der Waals surface area contributed by atoms with Crippen LogP contribution >= 0.6 is 0 Å². The fraction of sp³-hybridized carbons (Fsp3) is 0.438. The van der Waals surface area contributed by atoms with Gasteiger partial charge in [0.2, 0.25) is 15.8 Å². The minimum absolute atomic E-state index is 0.180. The normalized spacial score (nSPS) is 16.0. The maximum Gasteiger partial charge on any atom is 0.417 e. The van der Waals surface area contributed by atoms with Crippen LogP contribution in [0.4, 0.5) is 33.7 Å². The Kier molecular flexibility index (Phi) is 5.58. The highest BCUT2D eigenvalue weighted by molar-refractivity contribution is 7.91. The number of rotatable bonds is 4. The molecular weight excluding hydrogens is 437 g/mol. The molecule has 8 nitrogen and oxygen atoms in total. The lowest BCUT2D eigenvalue weighted by Gasteiger charge is -2.28. The van der Waals surface area contributed by atoms with Gasteiger partial charge in [0.1, 0.15) is 11.5 Å². The molecule has 14 heteroatoms. The Labute approximate surface area is 167 Å². The smallest absolute Gasteiger partial charge is 0.384 e. The second kappa shape index (κ2) is 7.58. The quantitative estimate of drug-likeness (QED) is 0.701. The highest BCUT2D eigenvalue weighted by atomic mass is 32.2. The number of hydrogen-bond acceptors (Lipinski definition) is 8. The standard InChI is InChI=1S/C16H16F5N5O3S/c1-30(27,28)16(20,21)12-7-11(24-14(25-12)26-2-4-29-5-3-26)9-8-23-13(22)6-10(9)15(17,18)19/h6-8H,2-5H2,1H3,(H2,22,23). The van der Waals surface area contributed by atoms with Gasteiger partial charge in [0.25, 0.3) is 0 Å². The van der Waals surface area contributed by atoms with Gasteiger partial charge >= 0.3 is 11.4 Å². The summed E-state index contributed by atoms with van der Waals surface area (Å²) >= 11 is 0. The Morgan fingerprint density at radius 2 is 1.73 bits per heavy atom. The van der Waals surface area contributed by atoms with Crippen molar-refractivity contribution in [2.24, 2.45) is 0 Å². The molecule has 0 aliphatic carbocycles. The van der Waals surface area contributed by atoms with Crippen molar-refractivity contribution in [3.05, 3.63) is 29.6 Å². The highest BCUT2D eigenvalue weighted by Gasteiger charge is 2.46. The summed E-state index contributed by atoms with van der Waals surface area (Å²) in [5, 5.41) is -4.45. The summed E-state index contributed by atoms with van der Waals surface area (Å²) in [5.74, 6) is -0.783. The number of ether oxygens (including phenoxy) is 1. The van der Waals surface area contributed by atoms with Gasteiger partial charge in [0.05, 0.1) is 24.5 Å². The van der Waals surface area contributed by atoms with Crippen molar-refractivity contribution in [2.45, 2.75) is 11.4 Å². The maximum absolute atomic E-state index is 14.5. The molecule has 0 atom stereocenters. The molecule has 164 valence electrons. The van der Waals surface area contributed by atoms with E-state index >= 15 is 0 Å². The van der Waals surface area contributed by atoms with Gasteiger partial charge < -0.3 is 15.4 Å². The number of hydrogen-bond donors (Lipinski definition) is 1. The SMILES string of the molecule is CS(=O)(=O)C(F)(F)c1cc(-c2cnc(N)cc2C(F)(F)F)nc(N2CCOCC2)n1. The van der Waals surface area contributed by atoms with Crippen LogP contribution in [0, 0.1) is 0 Å². The van der Waals surface area contributed by atoms with E-state index in [9.17, 15) is 30.4 Å². The van der Waals surface area contributed by atoms with Crippen molar-refractivity contribution in [2.75, 3.05) is 43.2 Å². The molecule has 30 heavy (non-hydrogen) atoms. The maximum atomic E-state index is 14.5. The first-order chi connectivity index (χ1) is 13.8. The summed E-state index contributed by atoms with van der Waals surface area (Å²) in [6.45, 7) is 0.782. The second-order valence-corrected chi connectivity index (χ2v) is 8.54. The Morgan fingerprint density at radius 3 is 2.30 bits per heavy atom. The Hall–Kier alpha value is -2.61. The molecular formula is C16H16F5N5O3S. The molecule has 1 aliphatic rings. The predicted octanol–water partition coefficient (Wildman–Crippen LogP) is 2.07. The molecule has 2 N–H and O–H groups in total. The van der Waals surface area contributed by atoms with Gasteiger partial charge in [-0.1, -0.05) is 0 Å². The first kappa shape index (κ1) is 22.1. The number of morpholine rings is 1. The lowest BCUT2D eigenvalue weighted by Crippen LogP contribution is -2.38. The molecule has 2 aromatic rings. The van der Waals surface area contributed by atoms with Crippen molar-refractivity contribution in [1.82, 2.24) is 15.0 Å². The van der Waals surface area contributed by atoms with Crippen molar-refractivity contribution in [3.63, 3.8) is 0 Å². The first-order valence-electron chi connectivity index (χ1n) is 8.43. The molecule has 0 saturated carbocycles. The average Bonchev–Trinajstić information content (AvgIpc) is 2.66. The third kappa shape index (κ3) is 4.28.